The van der Waals surface area contributed by atoms with Gasteiger partial charge in [0.1, 0.15) is 0 Å². The Morgan fingerprint density at radius 2 is 2.00 bits per heavy atom. The van der Waals surface area contributed by atoms with Gasteiger partial charge in [0, 0.05) is 26.1 Å². The van der Waals surface area contributed by atoms with E-state index in [1.54, 1.807) is 0 Å². The molecule has 5 nitrogen and oxygen atoms in total. The Morgan fingerprint density at radius 3 is 2.71 bits per heavy atom. The number of hydrogen-bond acceptors (Lipinski definition) is 2. The molecule has 1 aliphatic carbocycles. The molecule has 21 heavy (non-hydrogen) atoms. The maximum atomic E-state index is 12.2. The first kappa shape index (κ1) is 16.1. The molecule has 120 valence electrons. The zero-order valence-electron chi connectivity index (χ0n) is 13.0. The van der Waals surface area contributed by atoms with Crippen LogP contribution in [0.25, 0.3) is 0 Å². The van der Waals surface area contributed by atoms with E-state index in [9.17, 15) is 9.59 Å². The number of rotatable bonds is 5. The van der Waals surface area contributed by atoms with Gasteiger partial charge >= 0.3 is 12.0 Å². The molecule has 3 unspecified atom stereocenters. The summed E-state index contributed by atoms with van der Waals surface area (Å²) in [7, 11) is 0. The van der Waals surface area contributed by atoms with Crippen LogP contribution in [0.1, 0.15) is 51.9 Å². The summed E-state index contributed by atoms with van der Waals surface area (Å²) in [5.74, 6) is 0.929. The lowest BCUT2D eigenvalue weighted by Gasteiger charge is -2.29. The Bertz CT molecular complexity index is 373. The summed E-state index contributed by atoms with van der Waals surface area (Å²) >= 11 is 0. The molecule has 2 N–H and O–H groups in total. The van der Waals surface area contributed by atoms with Crippen molar-refractivity contribution < 1.29 is 14.7 Å². The third-order valence-electron chi connectivity index (χ3n) is 5.14. The van der Waals surface area contributed by atoms with Crippen LogP contribution in [0.2, 0.25) is 0 Å². The Balaban J connectivity index is 1.68. The molecule has 0 aromatic rings. The highest BCUT2D eigenvalue weighted by Gasteiger charge is 2.27. The molecular formula is C16H28N2O3. The third-order valence-corrected chi connectivity index (χ3v) is 5.14. The van der Waals surface area contributed by atoms with Gasteiger partial charge in [-0.25, -0.2) is 4.79 Å². The first-order valence-electron chi connectivity index (χ1n) is 8.31. The number of urea groups is 1. The molecule has 1 heterocycles. The lowest BCUT2D eigenvalue weighted by molar-refractivity contribution is -0.137. The number of carbonyl (C=O) groups is 2. The molecule has 1 aliphatic heterocycles. The fourth-order valence-corrected chi connectivity index (χ4v) is 3.61. The van der Waals surface area contributed by atoms with E-state index >= 15 is 0 Å². The number of carbonyl (C=O) groups excluding carboxylic acids is 1. The molecule has 1 saturated carbocycles. The van der Waals surface area contributed by atoms with Crippen LogP contribution in [0.15, 0.2) is 0 Å². The molecule has 0 bridgehead atoms. The topological polar surface area (TPSA) is 69.6 Å². The SMILES string of the molecule is CC1CCCCC1CNC(=O)N1CCC(CCC(=O)O)C1. The van der Waals surface area contributed by atoms with Crippen molar-refractivity contribution in [3.05, 3.63) is 0 Å². The second-order valence-corrected chi connectivity index (χ2v) is 6.74. The molecule has 2 amide bonds. The molecule has 0 radical (unpaired) electrons. The highest BCUT2D eigenvalue weighted by molar-refractivity contribution is 5.74. The maximum absolute atomic E-state index is 12.2. The molecule has 1 saturated heterocycles. The van der Waals surface area contributed by atoms with Crippen molar-refractivity contribution >= 4 is 12.0 Å². The lowest BCUT2D eigenvalue weighted by Crippen LogP contribution is -2.42. The largest absolute Gasteiger partial charge is 0.481 e. The number of aliphatic carboxylic acids is 1. The number of nitrogens with zero attached hydrogens (tertiary/aromatic N) is 1. The van der Waals surface area contributed by atoms with Crippen LogP contribution in [-0.4, -0.2) is 41.6 Å². The van der Waals surface area contributed by atoms with Gasteiger partial charge < -0.3 is 15.3 Å². The fraction of sp³-hybridized carbons (Fsp3) is 0.875. The molecule has 3 atom stereocenters. The summed E-state index contributed by atoms with van der Waals surface area (Å²) in [6.45, 7) is 4.54. The molecule has 0 spiro atoms. The predicted molar refractivity (Wildman–Crippen MR) is 81.1 cm³/mol. The van der Waals surface area contributed by atoms with E-state index in [4.69, 9.17) is 5.11 Å². The first-order valence-corrected chi connectivity index (χ1v) is 8.31. The second kappa shape index (κ2) is 7.66. The number of amides is 2. The molecule has 2 aliphatic rings. The van der Waals surface area contributed by atoms with Gasteiger partial charge in [-0.05, 0) is 37.0 Å². The quantitative estimate of drug-likeness (QED) is 0.819. The fourth-order valence-electron chi connectivity index (χ4n) is 3.61. The normalized spacial score (nSPS) is 29.4. The van der Waals surface area contributed by atoms with Crippen molar-refractivity contribution in [3.63, 3.8) is 0 Å². The molecule has 0 aromatic carbocycles. The van der Waals surface area contributed by atoms with Gasteiger partial charge in [-0.1, -0.05) is 26.2 Å². The average molecular weight is 296 g/mol. The van der Waals surface area contributed by atoms with E-state index in [-0.39, 0.29) is 12.5 Å². The van der Waals surface area contributed by atoms with Crippen molar-refractivity contribution in [2.75, 3.05) is 19.6 Å². The lowest BCUT2D eigenvalue weighted by atomic mass is 9.80. The monoisotopic (exact) mass is 296 g/mol. The van der Waals surface area contributed by atoms with Gasteiger partial charge in [0.05, 0.1) is 0 Å². The van der Waals surface area contributed by atoms with E-state index in [2.05, 4.69) is 12.2 Å². The Morgan fingerprint density at radius 1 is 1.24 bits per heavy atom. The minimum Gasteiger partial charge on any atom is -0.481 e. The van der Waals surface area contributed by atoms with Crippen LogP contribution < -0.4 is 5.32 Å². The van der Waals surface area contributed by atoms with Crippen LogP contribution in [0.4, 0.5) is 4.79 Å². The van der Waals surface area contributed by atoms with Crippen molar-refractivity contribution in [3.8, 4) is 0 Å². The van der Waals surface area contributed by atoms with Crippen molar-refractivity contribution in [1.82, 2.24) is 10.2 Å². The van der Waals surface area contributed by atoms with E-state index < -0.39 is 5.97 Å². The van der Waals surface area contributed by atoms with Gasteiger partial charge in [-0.15, -0.1) is 0 Å². The van der Waals surface area contributed by atoms with E-state index in [1.165, 1.54) is 25.7 Å². The van der Waals surface area contributed by atoms with Crippen LogP contribution in [0.3, 0.4) is 0 Å². The second-order valence-electron chi connectivity index (χ2n) is 6.74. The number of nitrogens with one attached hydrogen (secondary N) is 1. The third kappa shape index (κ3) is 4.90. The highest BCUT2D eigenvalue weighted by Crippen LogP contribution is 2.29. The standard InChI is InChI=1S/C16H28N2O3/c1-12-4-2-3-5-14(12)10-17-16(21)18-9-8-13(11-18)6-7-15(19)20/h12-14H,2-11H2,1H3,(H,17,21)(H,19,20). The van der Waals surface area contributed by atoms with Crippen LogP contribution in [0.5, 0.6) is 0 Å². The molecule has 2 rings (SSSR count). The van der Waals surface area contributed by atoms with Gasteiger partial charge in [0.25, 0.3) is 0 Å². The van der Waals surface area contributed by atoms with Gasteiger partial charge in [-0.3, -0.25) is 4.79 Å². The molecule has 2 fully saturated rings. The van der Waals surface area contributed by atoms with Gasteiger partial charge in [0.15, 0.2) is 0 Å². The summed E-state index contributed by atoms with van der Waals surface area (Å²) < 4.78 is 0. The van der Waals surface area contributed by atoms with E-state index in [1.807, 2.05) is 4.90 Å². The Kier molecular flexibility index (Phi) is 5.88. The summed E-state index contributed by atoms with van der Waals surface area (Å²) in [5.41, 5.74) is 0. The zero-order chi connectivity index (χ0) is 15.2. The smallest absolute Gasteiger partial charge is 0.317 e. The van der Waals surface area contributed by atoms with Crippen LogP contribution >= 0.6 is 0 Å². The zero-order valence-corrected chi connectivity index (χ0v) is 13.0. The van der Waals surface area contributed by atoms with Crippen LogP contribution in [-0.2, 0) is 4.79 Å². The first-order chi connectivity index (χ1) is 10.1. The van der Waals surface area contributed by atoms with Gasteiger partial charge in [0.2, 0.25) is 0 Å². The van der Waals surface area contributed by atoms with Crippen LogP contribution in [0, 0.1) is 17.8 Å². The van der Waals surface area contributed by atoms with Crippen molar-refractivity contribution in [2.24, 2.45) is 17.8 Å². The number of carboxylic acids is 1. The highest BCUT2D eigenvalue weighted by atomic mass is 16.4. The molecular weight excluding hydrogens is 268 g/mol. The summed E-state index contributed by atoms with van der Waals surface area (Å²) in [6.07, 6.45) is 6.93. The summed E-state index contributed by atoms with van der Waals surface area (Å²) in [4.78, 5) is 24.6. The number of hydrogen-bond donors (Lipinski definition) is 2. The minimum atomic E-state index is -0.746. The summed E-state index contributed by atoms with van der Waals surface area (Å²) in [5, 5.41) is 11.8. The Labute approximate surface area is 127 Å². The number of likely N-dealkylation sites (tertiary alicyclic amines) is 1. The average Bonchev–Trinajstić information content (AvgIpc) is 2.93. The van der Waals surface area contributed by atoms with Crippen molar-refractivity contribution in [1.29, 1.82) is 0 Å². The minimum absolute atomic E-state index is 0.0330. The van der Waals surface area contributed by atoms with E-state index in [0.717, 1.165) is 19.5 Å². The summed E-state index contributed by atoms with van der Waals surface area (Å²) in [6, 6.07) is 0.0330. The number of carboxylic acid groups (broad SMARTS) is 1. The molecule has 0 aromatic heterocycles. The Hall–Kier alpha value is -1.26. The maximum Gasteiger partial charge on any atom is 0.317 e. The molecule has 5 heteroatoms. The van der Waals surface area contributed by atoms with E-state index in [0.29, 0.717) is 30.7 Å². The van der Waals surface area contributed by atoms with Gasteiger partial charge in [-0.2, -0.15) is 0 Å². The predicted octanol–water partition coefficient (Wildman–Crippen LogP) is 2.71. The van der Waals surface area contributed by atoms with Crippen molar-refractivity contribution in [2.45, 2.75) is 51.9 Å².